The molecule has 0 radical (unpaired) electrons. The molecule has 0 aromatic heterocycles. The summed E-state index contributed by atoms with van der Waals surface area (Å²) in [5, 5.41) is 0.341. The Labute approximate surface area is 103 Å². The third-order valence-corrected chi connectivity index (χ3v) is 3.44. The Morgan fingerprint density at radius 3 is 2.56 bits per heavy atom. The summed E-state index contributed by atoms with van der Waals surface area (Å²) < 4.78 is 26.6. The molecule has 0 spiro atoms. The van der Waals surface area contributed by atoms with Gasteiger partial charge in [-0.05, 0) is 43.4 Å². The van der Waals surface area contributed by atoms with Gasteiger partial charge >= 0.3 is 0 Å². The van der Waals surface area contributed by atoms with E-state index >= 15 is 0 Å². The van der Waals surface area contributed by atoms with E-state index in [4.69, 9.17) is 11.6 Å². The minimum Gasteiger partial charge on any atom is -0.206 e. The van der Waals surface area contributed by atoms with Crippen molar-refractivity contribution in [2.45, 2.75) is 25.5 Å². The van der Waals surface area contributed by atoms with E-state index in [0.717, 1.165) is 0 Å². The van der Waals surface area contributed by atoms with Crippen molar-refractivity contribution in [1.82, 2.24) is 0 Å². The molecule has 0 heterocycles. The van der Waals surface area contributed by atoms with Gasteiger partial charge in [0.15, 0.2) is 4.75 Å². The first-order chi connectivity index (χ1) is 7.30. The Hall–Kier alpha value is -0.580. The van der Waals surface area contributed by atoms with E-state index in [-0.39, 0.29) is 4.75 Å². The molecule has 1 aromatic carbocycles. The molecule has 0 saturated carbocycles. The molecule has 5 heteroatoms. The Bertz CT molecular complexity index is 403. The molecule has 1 atom stereocenters. The zero-order valence-electron chi connectivity index (χ0n) is 9.37. The monoisotopic (exact) mass is 262 g/mol. The molecule has 1 rings (SSSR count). The van der Waals surface area contributed by atoms with Crippen LogP contribution >= 0.6 is 11.6 Å². The molecule has 1 unspecified atom stereocenters. The molecule has 0 saturated heterocycles. The Balaban J connectivity index is 2.85. The molecule has 0 bridgehead atoms. The van der Waals surface area contributed by atoms with Crippen molar-refractivity contribution in [3.05, 3.63) is 34.6 Å². The second-order valence-corrected chi connectivity index (χ2v) is 6.68. The van der Waals surface area contributed by atoms with Crippen LogP contribution in [0.4, 0.5) is 4.39 Å². The Morgan fingerprint density at radius 1 is 1.44 bits per heavy atom. The minimum atomic E-state index is -1.13. The number of hydrogen-bond acceptors (Lipinski definition) is 2. The molecule has 0 aliphatic heterocycles. The average molecular weight is 263 g/mol. The summed E-state index contributed by atoms with van der Waals surface area (Å²) in [7, 11) is 0. The van der Waals surface area contributed by atoms with Crippen LogP contribution < -0.4 is 0 Å². The number of hydrogen-bond donors (Lipinski definition) is 1. The lowest BCUT2D eigenvalue weighted by molar-refractivity contribution is 0.597. The van der Waals surface area contributed by atoms with Crippen LogP contribution in [0.3, 0.4) is 0 Å². The van der Waals surface area contributed by atoms with Gasteiger partial charge in [-0.3, -0.25) is 0 Å². The molecule has 16 heavy (non-hydrogen) atoms. The van der Waals surface area contributed by atoms with Crippen LogP contribution in [0.1, 0.15) is 26.3 Å². The lowest BCUT2D eigenvalue weighted by atomic mass is 10.2. The molecule has 0 aliphatic rings. The van der Waals surface area contributed by atoms with Crippen molar-refractivity contribution >= 4 is 29.2 Å². The minimum absolute atomic E-state index is 0.320. The van der Waals surface area contributed by atoms with Crippen LogP contribution in [0.15, 0.2) is 22.6 Å². The molecule has 0 aliphatic carbocycles. The molecule has 0 fully saturated rings. The van der Waals surface area contributed by atoms with Crippen molar-refractivity contribution in [2.24, 2.45) is 4.40 Å². The molecular weight excluding hydrogens is 249 g/mol. The standard InChI is InChI=1S/C11H14ClFNOS/c1-11(2,3)16(15)14-7-8-4-5-9(12)6-10(8)13/h4-7,15H,1-3H3/q+1. The Morgan fingerprint density at radius 2 is 2.06 bits per heavy atom. The van der Waals surface area contributed by atoms with Crippen LogP contribution in [0.2, 0.25) is 5.02 Å². The highest BCUT2D eigenvalue weighted by atomic mass is 35.5. The fourth-order valence-electron chi connectivity index (χ4n) is 0.871. The smallest absolute Gasteiger partial charge is 0.206 e. The fourth-order valence-corrected chi connectivity index (χ4v) is 1.56. The first kappa shape index (κ1) is 13.5. The highest BCUT2D eigenvalue weighted by Gasteiger charge is 2.34. The van der Waals surface area contributed by atoms with Gasteiger partial charge in [0.05, 0.1) is 6.21 Å². The summed E-state index contributed by atoms with van der Waals surface area (Å²) in [5.74, 6) is -0.442. The second kappa shape index (κ2) is 5.17. The topological polar surface area (TPSA) is 32.6 Å². The summed E-state index contributed by atoms with van der Waals surface area (Å²) in [4.78, 5) is 0. The molecule has 0 amide bonds. The highest BCUT2D eigenvalue weighted by Crippen LogP contribution is 2.18. The van der Waals surface area contributed by atoms with Gasteiger partial charge < -0.3 is 0 Å². The van der Waals surface area contributed by atoms with E-state index < -0.39 is 17.2 Å². The molecule has 2 nitrogen and oxygen atoms in total. The van der Waals surface area contributed by atoms with E-state index in [0.29, 0.717) is 10.6 Å². The van der Waals surface area contributed by atoms with Gasteiger partial charge in [0.25, 0.3) is 11.4 Å². The zero-order valence-corrected chi connectivity index (χ0v) is 10.9. The van der Waals surface area contributed by atoms with Crippen molar-refractivity contribution < 1.29 is 8.94 Å². The van der Waals surface area contributed by atoms with E-state index in [1.807, 2.05) is 20.8 Å². The van der Waals surface area contributed by atoms with Crippen LogP contribution in [-0.4, -0.2) is 15.5 Å². The lowest BCUT2D eigenvalue weighted by Gasteiger charge is -2.08. The number of rotatable bonds is 2. The maximum atomic E-state index is 13.3. The molecular formula is C11H14ClFNOS+. The van der Waals surface area contributed by atoms with E-state index in [1.165, 1.54) is 18.3 Å². The van der Waals surface area contributed by atoms with Gasteiger partial charge in [0.2, 0.25) is 0 Å². The van der Waals surface area contributed by atoms with Crippen molar-refractivity contribution in [1.29, 1.82) is 0 Å². The van der Waals surface area contributed by atoms with Crippen molar-refractivity contribution in [3.63, 3.8) is 0 Å². The SMILES string of the molecule is CC(C)(C)[S+](O)N=Cc1ccc(Cl)cc1F. The summed E-state index contributed by atoms with van der Waals surface area (Å²) in [6, 6.07) is 4.33. The van der Waals surface area contributed by atoms with Gasteiger partial charge in [-0.2, -0.15) is 4.55 Å². The molecule has 1 N–H and O–H groups in total. The highest BCUT2D eigenvalue weighted by molar-refractivity contribution is 7.91. The summed E-state index contributed by atoms with van der Waals surface area (Å²) in [6.45, 7) is 5.60. The lowest BCUT2D eigenvalue weighted by Crippen LogP contribution is -2.25. The predicted octanol–water partition coefficient (Wildman–Crippen LogP) is 3.70. The third kappa shape index (κ3) is 3.77. The first-order valence-electron chi connectivity index (χ1n) is 4.73. The molecule has 1 aromatic rings. The third-order valence-electron chi connectivity index (χ3n) is 1.80. The van der Waals surface area contributed by atoms with E-state index in [1.54, 1.807) is 6.07 Å². The van der Waals surface area contributed by atoms with Crippen molar-refractivity contribution in [3.8, 4) is 0 Å². The van der Waals surface area contributed by atoms with E-state index in [2.05, 4.69) is 4.40 Å². The zero-order chi connectivity index (χ0) is 12.3. The van der Waals surface area contributed by atoms with Gasteiger partial charge in [0.1, 0.15) is 5.82 Å². The van der Waals surface area contributed by atoms with E-state index in [9.17, 15) is 8.94 Å². The maximum Gasteiger partial charge on any atom is 0.294 e. The van der Waals surface area contributed by atoms with Crippen molar-refractivity contribution in [2.75, 3.05) is 0 Å². The molecule has 88 valence electrons. The normalized spacial score (nSPS) is 14.4. The number of halogens is 2. The van der Waals surface area contributed by atoms with Crippen LogP contribution in [0, 0.1) is 5.82 Å². The van der Waals surface area contributed by atoms with Gasteiger partial charge in [-0.15, -0.1) is 0 Å². The van der Waals surface area contributed by atoms with Crippen LogP contribution in [0.25, 0.3) is 0 Å². The largest absolute Gasteiger partial charge is 0.294 e. The number of benzene rings is 1. The summed E-state index contributed by atoms with van der Waals surface area (Å²) in [5.41, 5.74) is 0.320. The Kier molecular flexibility index (Phi) is 4.35. The summed E-state index contributed by atoms with van der Waals surface area (Å²) >= 11 is 4.49. The fraction of sp³-hybridized carbons (Fsp3) is 0.364. The predicted molar refractivity (Wildman–Crippen MR) is 68.8 cm³/mol. The first-order valence-corrected chi connectivity index (χ1v) is 6.25. The summed E-state index contributed by atoms with van der Waals surface area (Å²) in [6.07, 6.45) is 1.33. The number of nitrogens with zero attached hydrogens (tertiary/aromatic N) is 1. The quantitative estimate of drug-likeness (QED) is 0.640. The van der Waals surface area contributed by atoms with Gasteiger partial charge in [-0.1, -0.05) is 11.6 Å². The van der Waals surface area contributed by atoms with Gasteiger partial charge in [0, 0.05) is 10.6 Å². The second-order valence-electron chi connectivity index (χ2n) is 4.28. The average Bonchev–Trinajstić information content (AvgIpc) is 2.14. The maximum absolute atomic E-state index is 13.3. The van der Waals surface area contributed by atoms with Gasteiger partial charge in [-0.25, -0.2) is 4.39 Å². The van der Waals surface area contributed by atoms with Crippen LogP contribution in [0.5, 0.6) is 0 Å². The van der Waals surface area contributed by atoms with Crippen LogP contribution in [-0.2, 0) is 11.4 Å².